The van der Waals surface area contributed by atoms with Gasteiger partial charge >= 0.3 is 5.97 Å². The lowest BCUT2D eigenvalue weighted by atomic mass is 10.3. The Morgan fingerprint density at radius 1 is 1.67 bits per heavy atom. The van der Waals surface area contributed by atoms with Crippen molar-refractivity contribution >= 4 is 18.4 Å². The highest BCUT2D eigenvalue weighted by atomic mass is 35.5. The summed E-state index contributed by atoms with van der Waals surface area (Å²) < 4.78 is 6.60. The summed E-state index contributed by atoms with van der Waals surface area (Å²) >= 11 is 0. The SMILES string of the molecule is CCOC(=O)c1ccn(C)c1.Cl. The van der Waals surface area contributed by atoms with E-state index in [1.165, 1.54) is 0 Å². The van der Waals surface area contributed by atoms with Crippen LogP contribution in [0.25, 0.3) is 0 Å². The second-order valence-corrected chi connectivity index (χ2v) is 2.29. The lowest BCUT2D eigenvalue weighted by molar-refractivity contribution is 0.0526. The molecule has 0 aliphatic rings. The molecule has 0 aliphatic carbocycles. The minimum atomic E-state index is -0.256. The van der Waals surface area contributed by atoms with Gasteiger partial charge < -0.3 is 9.30 Å². The van der Waals surface area contributed by atoms with Gasteiger partial charge in [0.15, 0.2) is 0 Å². The van der Waals surface area contributed by atoms with Gasteiger partial charge in [-0.3, -0.25) is 0 Å². The van der Waals surface area contributed by atoms with Crippen molar-refractivity contribution in [2.45, 2.75) is 6.92 Å². The summed E-state index contributed by atoms with van der Waals surface area (Å²) in [4.78, 5) is 11.0. The number of esters is 1. The summed E-state index contributed by atoms with van der Waals surface area (Å²) in [6.07, 6.45) is 3.55. The number of ether oxygens (including phenoxy) is 1. The van der Waals surface area contributed by atoms with E-state index in [2.05, 4.69) is 0 Å². The van der Waals surface area contributed by atoms with Gasteiger partial charge in [0.05, 0.1) is 12.2 Å². The number of hydrogen-bond donors (Lipinski definition) is 0. The lowest BCUT2D eigenvalue weighted by Crippen LogP contribution is -2.02. The van der Waals surface area contributed by atoms with E-state index in [9.17, 15) is 4.79 Å². The summed E-state index contributed by atoms with van der Waals surface area (Å²) in [7, 11) is 1.86. The van der Waals surface area contributed by atoms with Crippen LogP contribution in [0, 0.1) is 0 Å². The third-order valence-electron chi connectivity index (χ3n) is 1.34. The van der Waals surface area contributed by atoms with Crippen LogP contribution in [0.3, 0.4) is 0 Å². The highest BCUT2D eigenvalue weighted by Gasteiger charge is 2.05. The fourth-order valence-corrected chi connectivity index (χ4v) is 0.838. The average Bonchev–Trinajstić information content (AvgIpc) is 2.36. The highest BCUT2D eigenvalue weighted by Crippen LogP contribution is 2.01. The molecule has 0 radical (unpaired) electrons. The number of carbonyl (C=O) groups excluding carboxylic acids is 1. The van der Waals surface area contributed by atoms with Gasteiger partial charge in [0.25, 0.3) is 0 Å². The number of hydrogen-bond acceptors (Lipinski definition) is 2. The molecule has 0 aromatic carbocycles. The van der Waals surface area contributed by atoms with Crippen LogP contribution in [0.4, 0.5) is 0 Å². The van der Waals surface area contributed by atoms with Crippen LogP contribution in [-0.4, -0.2) is 17.1 Å². The van der Waals surface area contributed by atoms with Gasteiger partial charge in [0.2, 0.25) is 0 Å². The van der Waals surface area contributed by atoms with E-state index < -0.39 is 0 Å². The summed E-state index contributed by atoms with van der Waals surface area (Å²) in [5.41, 5.74) is 0.606. The van der Waals surface area contributed by atoms with Crippen molar-refractivity contribution in [1.29, 1.82) is 0 Å². The smallest absolute Gasteiger partial charge is 0.339 e. The Morgan fingerprint density at radius 3 is 2.75 bits per heavy atom. The van der Waals surface area contributed by atoms with Crippen molar-refractivity contribution in [3.63, 3.8) is 0 Å². The number of carbonyl (C=O) groups is 1. The molecule has 1 aromatic heterocycles. The van der Waals surface area contributed by atoms with E-state index in [0.29, 0.717) is 12.2 Å². The Bertz CT molecular complexity index is 257. The molecule has 68 valence electrons. The first-order valence-electron chi connectivity index (χ1n) is 3.53. The minimum Gasteiger partial charge on any atom is -0.462 e. The molecule has 1 aromatic rings. The van der Waals surface area contributed by atoms with E-state index in [-0.39, 0.29) is 18.4 Å². The number of aromatic nitrogens is 1. The summed E-state index contributed by atoms with van der Waals surface area (Å²) in [6.45, 7) is 2.22. The predicted molar refractivity (Wildman–Crippen MR) is 48.6 cm³/mol. The number of aryl methyl sites for hydroxylation is 1. The van der Waals surface area contributed by atoms with Gasteiger partial charge in [-0.05, 0) is 13.0 Å². The lowest BCUT2D eigenvalue weighted by Gasteiger charge is -1.96. The fraction of sp³-hybridized carbons (Fsp3) is 0.375. The molecule has 0 aliphatic heterocycles. The third kappa shape index (κ3) is 2.58. The topological polar surface area (TPSA) is 31.2 Å². The van der Waals surface area contributed by atoms with Crippen molar-refractivity contribution in [2.24, 2.45) is 7.05 Å². The van der Waals surface area contributed by atoms with Crippen LogP contribution in [0.2, 0.25) is 0 Å². The van der Waals surface area contributed by atoms with Crippen molar-refractivity contribution < 1.29 is 9.53 Å². The van der Waals surface area contributed by atoms with Crippen LogP contribution in [0.5, 0.6) is 0 Å². The van der Waals surface area contributed by atoms with Crippen molar-refractivity contribution in [1.82, 2.24) is 4.57 Å². The molecule has 1 heterocycles. The van der Waals surface area contributed by atoms with Gasteiger partial charge in [-0.2, -0.15) is 0 Å². The molecule has 4 heteroatoms. The Morgan fingerprint density at radius 2 is 2.33 bits per heavy atom. The van der Waals surface area contributed by atoms with Gasteiger partial charge in [-0.15, -0.1) is 12.4 Å². The third-order valence-corrected chi connectivity index (χ3v) is 1.34. The van der Waals surface area contributed by atoms with Crippen molar-refractivity contribution in [3.05, 3.63) is 24.0 Å². The summed E-state index contributed by atoms with van der Waals surface area (Å²) in [6, 6.07) is 1.73. The van der Waals surface area contributed by atoms with Crippen LogP contribution < -0.4 is 0 Å². The van der Waals surface area contributed by atoms with Gasteiger partial charge in [0.1, 0.15) is 0 Å². The van der Waals surface area contributed by atoms with E-state index >= 15 is 0 Å². The monoisotopic (exact) mass is 189 g/mol. The maximum atomic E-state index is 11.0. The molecule has 0 spiro atoms. The van der Waals surface area contributed by atoms with Gasteiger partial charge in [-0.1, -0.05) is 0 Å². The predicted octanol–water partition coefficient (Wildman–Crippen LogP) is 1.62. The molecular formula is C8H12ClNO2. The standard InChI is InChI=1S/C8H11NO2.ClH/c1-3-11-8(10)7-4-5-9(2)6-7;/h4-6H,3H2,1-2H3;1H. The first kappa shape index (κ1) is 11.0. The molecule has 0 fully saturated rings. The van der Waals surface area contributed by atoms with Crippen molar-refractivity contribution in [3.8, 4) is 0 Å². The Kier molecular flexibility index (Phi) is 4.44. The molecular weight excluding hydrogens is 178 g/mol. The molecule has 3 nitrogen and oxygen atoms in total. The molecule has 1 rings (SSSR count). The van der Waals surface area contributed by atoms with Crippen LogP contribution >= 0.6 is 12.4 Å². The Labute approximate surface area is 77.7 Å². The number of halogens is 1. The largest absolute Gasteiger partial charge is 0.462 e. The zero-order chi connectivity index (χ0) is 8.27. The first-order chi connectivity index (χ1) is 5.24. The number of rotatable bonds is 2. The molecule has 0 unspecified atom stereocenters. The number of nitrogens with zero attached hydrogens (tertiary/aromatic N) is 1. The van der Waals surface area contributed by atoms with E-state index in [1.807, 2.05) is 17.8 Å². The van der Waals surface area contributed by atoms with Crippen LogP contribution in [-0.2, 0) is 11.8 Å². The van der Waals surface area contributed by atoms with E-state index in [0.717, 1.165) is 0 Å². The first-order valence-corrected chi connectivity index (χ1v) is 3.53. The second-order valence-electron chi connectivity index (χ2n) is 2.29. The summed E-state index contributed by atoms with van der Waals surface area (Å²) in [5.74, 6) is -0.256. The summed E-state index contributed by atoms with van der Waals surface area (Å²) in [5, 5.41) is 0. The molecule has 12 heavy (non-hydrogen) atoms. The Hall–Kier alpha value is -0.960. The molecule has 0 bridgehead atoms. The van der Waals surface area contributed by atoms with Gasteiger partial charge in [0, 0.05) is 19.4 Å². The average molecular weight is 190 g/mol. The molecule has 0 saturated heterocycles. The maximum absolute atomic E-state index is 11.0. The highest BCUT2D eigenvalue weighted by molar-refractivity contribution is 5.89. The van der Waals surface area contributed by atoms with Gasteiger partial charge in [-0.25, -0.2) is 4.79 Å². The normalized spacial score (nSPS) is 8.83. The zero-order valence-corrected chi connectivity index (χ0v) is 7.93. The second kappa shape index (κ2) is 4.83. The zero-order valence-electron chi connectivity index (χ0n) is 7.11. The Balaban J connectivity index is 0.00000121. The molecule has 0 atom stereocenters. The van der Waals surface area contributed by atoms with Crippen molar-refractivity contribution in [2.75, 3.05) is 6.61 Å². The quantitative estimate of drug-likeness (QED) is 0.663. The van der Waals surface area contributed by atoms with Crippen LogP contribution in [0.1, 0.15) is 17.3 Å². The molecule has 0 amide bonds. The van der Waals surface area contributed by atoms with E-state index in [1.54, 1.807) is 19.2 Å². The fourth-order valence-electron chi connectivity index (χ4n) is 0.838. The minimum absolute atomic E-state index is 0. The van der Waals surface area contributed by atoms with Crippen LogP contribution in [0.15, 0.2) is 18.5 Å². The molecule has 0 saturated carbocycles. The maximum Gasteiger partial charge on any atom is 0.339 e. The molecule has 0 N–H and O–H groups in total. The van der Waals surface area contributed by atoms with E-state index in [4.69, 9.17) is 4.74 Å².